The molecule has 0 saturated carbocycles. The fraction of sp³-hybridized carbons (Fsp3) is 0.750. The molecule has 0 aromatic carbocycles. The van der Waals surface area contributed by atoms with Gasteiger partial charge < -0.3 is 10.2 Å². The number of amides is 2. The van der Waals surface area contributed by atoms with E-state index in [2.05, 4.69) is 5.32 Å². The van der Waals surface area contributed by atoms with E-state index >= 15 is 0 Å². The smallest absolute Gasteiger partial charge is 0.337 e. The quantitative estimate of drug-likeness (QED) is 0.505. The Morgan fingerprint density at radius 3 is 2.68 bits per heavy atom. The molecule has 2 unspecified atom stereocenters. The molecule has 0 aliphatic carbocycles. The standard InChI is InChI=1S/C12H17N3O4/c16-10-2-1-8-7-9(11(17)15(8)10)12(18)19-14-5-3-13-4-6-14/h8-9,13H,1-7H2. The van der Waals surface area contributed by atoms with Crippen molar-refractivity contribution >= 4 is 17.8 Å². The van der Waals surface area contributed by atoms with Crippen LogP contribution < -0.4 is 5.32 Å². The Balaban J connectivity index is 1.61. The SMILES string of the molecule is O=C(ON1CCNCC1)C1CC2CCC(=O)N2C1=O. The highest BCUT2D eigenvalue weighted by molar-refractivity contribution is 6.08. The summed E-state index contributed by atoms with van der Waals surface area (Å²) in [5.41, 5.74) is 0. The van der Waals surface area contributed by atoms with Gasteiger partial charge in [-0.25, -0.2) is 4.79 Å². The third kappa shape index (κ3) is 2.23. The lowest BCUT2D eigenvalue weighted by molar-refractivity contribution is -0.197. The van der Waals surface area contributed by atoms with E-state index in [4.69, 9.17) is 4.84 Å². The van der Waals surface area contributed by atoms with Gasteiger partial charge >= 0.3 is 5.97 Å². The minimum absolute atomic E-state index is 0.0967. The molecule has 1 N–H and O–H groups in total. The predicted octanol–water partition coefficient (Wildman–Crippen LogP) is -1.11. The summed E-state index contributed by atoms with van der Waals surface area (Å²) in [6.07, 6.45) is 1.49. The first-order valence-electron chi connectivity index (χ1n) is 6.70. The lowest BCUT2D eigenvalue weighted by Gasteiger charge is -2.26. The van der Waals surface area contributed by atoms with Crippen LogP contribution in [0.1, 0.15) is 19.3 Å². The summed E-state index contributed by atoms with van der Waals surface area (Å²) in [5, 5.41) is 4.73. The summed E-state index contributed by atoms with van der Waals surface area (Å²) in [6.45, 7) is 2.77. The first kappa shape index (κ1) is 12.6. The Labute approximate surface area is 110 Å². The fourth-order valence-electron chi connectivity index (χ4n) is 2.93. The number of rotatable bonds is 2. The molecule has 3 saturated heterocycles. The monoisotopic (exact) mass is 267 g/mol. The molecule has 3 aliphatic heterocycles. The van der Waals surface area contributed by atoms with E-state index < -0.39 is 11.9 Å². The molecule has 3 fully saturated rings. The molecule has 3 heterocycles. The normalized spacial score (nSPS) is 31.7. The van der Waals surface area contributed by atoms with Crippen LogP contribution in [0.4, 0.5) is 0 Å². The van der Waals surface area contributed by atoms with Crippen molar-refractivity contribution in [2.24, 2.45) is 5.92 Å². The van der Waals surface area contributed by atoms with Crippen molar-refractivity contribution in [2.45, 2.75) is 25.3 Å². The van der Waals surface area contributed by atoms with E-state index in [-0.39, 0.29) is 17.9 Å². The van der Waals surface area contributed by atoms with Gasteiger partial charge in [0.1, 0.15) is 5.92 Å². The van der Waals surface area contributed by atoms with Crippen molar-refractivity contribution < 1.29 is 19.2 Å². The molecule has 3 rings (SSSR count). The van der Waals surface area contributed by atoms with Gasteiger partial charge in [-0.1, -0.05) is 0 Å². The van der Waals surface area contributed by atoms with E-state index in [9.17, 15) is 14.4 Å². The lowest BCUT2D eigenvalue weighted by Crippen LogP contribution is -2.45. The molecule has 19 heavy (non-hydrogen) atoms. The molecule has 0 radical (unpaired) electrons. The van der Waals surface area contributed by atoms with Crippen LogP contribution in [0.5, 0.6) is 0 Å². The van der Waals surface area contributed by atoms with Crippen LogP contribution in [0, 0.1) is 5.92 Å². The minimum atomic E-state index is -0.802. The second-order valence-corrected chi connectivity index (χ2v) is 5.17. The van der Waals surface area contributed by atoms with Gasteiger partial charge in [0, 0.05) is 38.6 Å². The summed E-state index contributed by atoms with van der Waals surface area (Å²) < 4.78 is 0. The number of carbonyl (C=O) groups excluding carboxylic acids is 3. The largest absolute Gasteiger partial charge is 0.367 e. The summed E-state index contributed by atoms with van der Waals surface area (Å²) in [6, 6.07) is -0.0967. The number of nitrogens with zero attached hydrogens (tertiary/aromatic N) is 2. The fourth-order valence-corrected chi connectivity index (χ4v) is 2.93. The van der Waals surface area contributed by atoms with Gasteiger partial charge in [0.25, 0.3) is 0 Å². The Hall–Kier alpha value is -1.47. The molecule has 0 spiro atoms. The highest BCUT2D eigenvalue weighted by Crippen LogP contribution is 2.34. The zero-order valence-corrected chi connectivity index (χ0v) is 10.6. The van der Waals surface area contributed by atoms with Crippen LogP contribution >= 0.6 is 0 Å². The molecule has 2 amide bonds. The van der Waals surface area contributed by atoms with Crippen LogP contribution in [-0.4, -0.2) is 60.0 Å². The zero-order chi connectivity index (χ0) is 13.4. The first-order chi connectivity index (χ1) is 9.16. The number of nitrogens with one attached hydrogen (secondary N) is 1. The van der Waals surface area contributed by atoms with Gasteiger partial charge in [-0.2, -0.15) is 0 Å². The Morgan fingerprint density at radius 1 is 1.26 bits per heavy atom. The van der Waals surface area contributed by atoms with Crippen LogP contribution in [0.25, 0.3) is 0 Å². The van der Waals surface area contributed by atoms with E-state index in [1.165, 1.54) is 4.90 Å². The predicted molar refractivity (Wildman–Crippen MR) is 63.5 cm³/mol. The Kier molecular flexibility index (Phi) is 3.24. The van der Waals surface area contributed by atoms with Gasteiger partial charge in [0.2, 0.25) is 11.8 Å². The molecule has 7 heteroatoms. The van der Waals surface area contributed by atoms with Crippen molar-refractivity contribution in [1.29, 1.82) is 0 Å². The van der Waals surface area contributed by atoms with Gasteiger partial charge in [-0.05, 0) is 12.8 Å². The minimum Gasteiger partial charge on any atom is -0.367 e. The number of hydrogen-bond donors (Lipinski definition) is 1. The average molecular weight is 267 g/mol. The molecule has 104 valence electrons. The molecule has 0 bridgehead atoms. The maximum absolute atomic E-state index is 12.1. The summed E-state index contributed by atoms with van der Waals surface area (Å²) >= 11 is 0. The molecule has 7 nitrogen and oxygen atoms in total. The molecular formula is C12H17N3O4. The second kappa shape index (κ2) is 4.90. The molecule has 3 aliphatic rings. The number of piperazine rings is 1. The first-order valence-corrected chi connectivity index (χ1v) is 6.70. The van der Waals surface area contributed by atoms with Gasteiger partial charge in [-0.3, -0.25) is 14.5 Å². The third-order valence-corrected chi connectivity index (χ3v) is 3.95. The van der Waals surface area contributed by atoms with E-state index in [0.29, 0.717) is 32.4 Å². The number of carbonyl (C=O) groups is 3. The van der Waals surface area contributed by atoms with Gasteiger partial charge in [-0.15, -0.1) is 5.06 Å². The molecular weight excluding hydrogens is 250 g/mol. The highest BCUT2D eigenvalue weighted by Gasteiger charge is 2.50. The third-order valence-electron chi connectivity index (χ3n) is 3.95. The topological polar surface area (TPSA) is 79.0 Å². The van der Waals surface area contributed by atoms with E-state index in [1.807, 2.05) is 0 Å². The zero-order valence-electron chi connectivity index (χ0n) is 10.6. The van der Waals surface area contributed by atoms with Crippen molar-refractivity contribution in [3.05, 3.63) is 0 Å². The van der Waals surface area contributed by atoms with Gasteiger partial charge in [0.15, 0.2) is 0 Å². The number of imide groups is 1. The van der Waals surface area contributed by atoms with Crippen molar-refractivity contribution in [3.63, 3.8) is 0 Å². The summed E-state index contributed by atoms with van der Waals surface area (Å²) in [4.78, 5) is 42.1. The Morgan fingerprint density at radius 2 is 2.00 bits per heavy atom. The highest BCUT2D eigenvalue weighted by atomic mass is 16.7. The van der Waals surface area contributed by atoms with E-state index in [1.54, 1.807) is 5.06 Å². The van der Waals surface area contributed by atoms with E-state index in [0.717, 1.165) is 13.1 Å². The summed E-state index contributed by atoms with van der Waals surface area (Å²) in [5.74, 6) is -1.86. The van der Waals surface area contributed by atoms with Crippen molar-refractivity contribution in [2.75, 3.05) is 26.2 Å². The molecule has 2 atom stereocenters. The average Bonchev–Trinajstić information content (AvgIpc) is 2.93. The summed E-state index contributed by atoms with van der Waals surface area (Å²) in [7, 11) is 0. The van der Waals surface area contributed by atoms with Crippen molar-refractivity contribution in [3.8, 4) is 0 Å². The lowest BCUT2D eigenvalue weighted by atomic mass is 10.0. The number of hydroxylamine groups is 2. The maximum atomic E-state index is 12.1. The Bertz CT molecular complexity index is 419. The van der Waals surface area contributed by atoms with Crippen LogP contribution in [0.3, 0.4) is 0 Å². The van der Waals surface area contributed by atoms with Crippen LogP contribution in [-0.2, 0) is 19.2 Å². The van der Waals surface area contributed by atoms with Gasteiger partial charge in [0.05, 0.1) is 0 Å². The second-order valence-electron chi connectivity index (χ2n) is 5.17. The van der Waals surface area contributed by atoms with Crippen molar-refractivity contribution in [1.82, 2.24) is 15.3 Å². The van der Waals surface area contributed by atoms with Crippen LogP contribution in [0.15, 0.2) is 0 Å². The molecule has 0 aromatic rings. The number of fused-ring (bicyclic) bond motifs is 1. The number of hydrogen-bond acceptors (Lipinski definition) is 6. The van der Waals surface area contributed by atoms with Crippen LogP contribution in [0.2, 0.25) is 0 Å². The molecule has 0 aromatic heterocycles. The maximum Gasteiger partial charge on any atom is 0.337 e.